The lowest BCUT2D eigenvalue weighted by Gasteiger charge is -2.42. The molecule has 0 aliphatic carbocycles. The first-order valence-electron chi connectivity index (χ1n) is 8.53. The Morgan fingerprint density at radius 2 is 1.58 bits per heavy atom. The summed E-state index contributed by atoms with van der Waals surface area (Å²) >= 11 is 0. The molecule has 2 heterocycles. The number of nitrogens with zero attached hydrogens (tertiary/aromatic N) is 2. The molecule has 0 radical (unpaired) electrons. The minimum Gasteiger partial charge on any atom is -0.314 e. The van der Waals surface area contributed by atoms with E-state index in [1.54, 1.807) is 0 Å². The third-order valence-electron chi connectivity index (χ3n) is 4.83. The number of hydrogen-bond donors (Lipinski definition) is 1. The van der Waals surface area contributed by atoms with Crippen LogP contribution in [0.4, 0.5) is 0 Å². The standard InChI is InChI=1S/C16H33N3/c1-3-9-17-15-5-13-19(14-6-15)16-7-11-18(10-4-2)12-8-16/h15-17H,3-14H2,1-2H3. The van der Waals surface area contributed by atoms with Crippen LogP contribution in [0.5, 0.6) is 0 Å². The number of nitrogens with one attached hydrogen (secondary N) is 1. The van der Waals surface area contributed by atoms with E-state index in [2.05, 4.69) is 29.0 Å². The molecule has 2 aliphatic heterocycles. The maximum absolute atomic E-state index is 3.68. The molecule has 0 aromatic heterocycles. The van der Waals surface area contributed by atoms with Crippen molar-refractivity contribution >= 4 is 0 Å². The van der Waals surface area contributed by atoms with E-state index < -0.39 is 0 Å². The van der Waals surface area contributed by atoms with E-state index in [4.69, 9.17) is 0 Å². The average molecular weight is 267 g/mol. The fourth-order valence-corrected chi connectivity index (χ4v) is 3.64. The molecular formula is C16H33N3. The van der Waals surface area contributed by atoms with Gasteiger partial charge in [-0.1, -0.05) is 13.8 Å². The van der Waals surface area contributed by atoms with Gasteiger partial charge in [-0.05, 0) is 77.8 Å². The summed E-state index contributed by atoms with van der Waals surface area (Å²) in [5.41, 5.74) is 0. The lowest BCUT2D eigenvalue weighted by Crippen LogP contribution is -2.50. The summed E-state index contributed by atoms with van der Waals surface area (Å²) in [6.45, 7) is 12.3. The first kappa shape index (κ1) is 15.3. The minimum atomic E-state index is 0.788. The van der Waals surface area contributed by atoms with Gasteiger partial charge in [0.25, 0.3) is 0 Å². The molecular weight excluding hydrogens is 234 g/mol. The zero-order chi connectivity index (χ0) is 13.5. The van der Waals surface area contributed by atoms with E-state index >= 15 is 0 Å². The maximum atomic E-state index is 3.68. The summed E-state index contributed by atoms with van der Waals surface area (Å²) in [5, 5.41) is 3.68. The Morgan fingerprint density at radius 1 is 0.895 bits per heavy atom. The molecule has 2 saturated heterocycles. The summed E-state index contributed by atoms with van der Waals surface area (Å²) in [5.74, 6) is 0. The van der Waals surface area contributed by atoms with Crippen molar-refractivity contribution in [2.24, 2.45) is 0 Å². The molecule has 1 N–H and O–H groups in total. The van der Waals surface area contributed by atoms with E-state index in [1.165, 1.54) is 77.8 Å². The predicted octanol–water partition coefficient (Wildman–Crippen LogP) is 2.32. The van der Waals surface area contributed by atoms with Crippen molar-refractivity contribution in [3.63, 3.8) is 0 Å². The van der Waals surface area contributed by atoms with Gasteiger partial charge in [0.05, 0.1) is 0 Å². The van der Waals surface area contributed by atoms with Crippen LogP contribution in [-0.4, -0.2) is 61.2 Å². The molecule has 2 rings (SSSR count). The van der Waals surface area contributed by atoms with Crippen LogP contribution in [0.1, 0.15) is 52.4 Å². The highest BCUT2D eigenvalue weighted by Gasteiger charge is 2.27. The number of likely N-dealkylation sites (tertiary alicyclic amines) is 2. The first-order valence-corrected chi connectivity index (χ1v) is 8.53. The summed E-state index contributed by atoms with van der Waals surface area (Å²) in [6.07, 6.45) is 8.07. The van der Waals surface area contributed by atoms with E-state index in [-0.39, 0.29) is 0 Å². The summed E-state index contributed by atoms with van der Waals surface area (Å²) < 4.78 is 0. The average Bonchev–Trinajstić information content (AvgIpc) is 2.47. The van der Waals surface area contributed by atoms with Crippen LogP contribution in [0, 0.1) is 0 Å². The lowest BCUT2D eigenvalue weighted by molar-refractivity contribution is 0.0838. The van der Waals surface area contributed by atoms with Crippen molar-refractivity contribution < 1.29 is 0 Å². The van der Waals surface area contributed by atoms with Crippen molar-refractivity contribution in [2.45, 2.75) is 64.5 Å². The number of hydrogen-bond acceptors (Lipinski definition) is 3. The highest BCUT2D eigenvalue weighted by atomic mass is 15.2. The third kappa shape index (κ3) is 4.73. The summed E-state index contributed by atoms with van der Waals surface area (Å²) in [6, 6.07) is 1.66. The molecule has 19 heavy (non-hydrogen) atoms. The van der Waals surface area contributed by atoms with E-state index in [9.17, 15) is 0 Å². The molecule has 0 aromatic rings. The van der Waals surface area contributed by atoms with Crippen LogP contribution in [0.3, 0.4) is 0 Å². The van der Waals surface area contributed by atoms with Gasteiger partial charge in [0.15, 0.2) is 0 Å². The Bertz CT molecular complexity index is 228. The van der Waals surface area contributed by atoms with Gasteiger partial charge in [0, 0.05) is 12.1 Å². The summed E-state index contributed by atoms with van der Waals surface area (Å²) in [7, 11) is 0. The molecule has 0 unspecified atom stereocenters. The third-order valence-corrected chi connectivity index (χ3v) is 4.83. The van der Waals surface area contributed by atoms with Gasteiger partial charge in [0.1, 0.15) is 0 Å². The van der Waals surface area contributed by atoms with Gasteiger partial charge >= 0.3 is 0 Å². The Balaban J connectivity index is 1.65. The van der Waals surface area contributed by atoms with E-state index in [1.807, 2.05) is 0 Å². The van der Waals surface area contributed by atoms with Crippen molar-refractivity contribution in [3.8, 4) is 0 Å². The number of piperidine rings is 2. The van der Waals surface area contributed by atoms with Crippen molar-refractivity contribution in [1.29, 1.82) is 0 Å². The molecule has 3 nitrogen and oxygen atoms in total. The topological polar surface area (TPSA) is 18.5 Å². The van der Waals surface area contributed by atoms with Crippen LogP contribution >= 0.6 is 0 Å². The second-order valence-electron chi connectivity index (χ2n) is 6.34. The van der Waals surface area contributed by atoms with Crippen molar-refractivity contribution in [3.05, 3.63) is 0 Å². The largest absolute Gasteiger partial charge is 0.314 e. The fraction of sp³-hybridized carbons (Fsp3) is 1.00. The smallest absolute Gasteiger partial charge is 0.0120 e. The van der Waals surface area contributed by atoms with Crippen molar-refractivity contribution in [2.75, 3.05) is 39.3 Å². The predicted molar refractivity (Wildman–Crippen MR) is 82.6 cm³/mol. The van der Waals surface area contributed by atoms with Crippen LogP contribution in [0.2, 0.25) is 0 Å². The van der Waals surface area contributed by atoms with Gasteiger partial charge in [-0.25, -0.2) is 0 Å². The van der Waals surface area contributed by atoms with Gasteiger partial charge in [0.2, 0.25) is 0 Å². The quantitative estimate of drug-likeness (QED) is 0.797. The SMILES string of the molecule is CCCNC1CCN(C2CCN(CCC)CC2)CC1. The Morgan fingerprint density at radius 3 is 2.16 bits per heavy atom. The molecule has 0 bridgehead atoms. The fourth-order valence-electron chi connectivity index (χ4n) is 3.64. The van der Waals surface area contributed by atoms with Crippen LogP contribution in [0.25, 0.3) is 0 Å². The maximum Gasteiger partial charge on any atom is 0.0120 e. The van der Waals surface area contributed by atoms with Gasteiger partial charge < -0.3 is 15.1 Å². The Kier molecular flexibility index (Phi) is 6.62. The minimum absolute atomic E-state index is 0.788. The van der Waals surface area contributed by atoms with Crippen LogP contribution in [0.15, 0.2) is 0 Å². The van der Waals surface area contributed by atoms with Crippen LogP contribution in [-0.2, 0) is 0 Å². The lowest BCUT2D eigenvalue weighted by atomic mass is 9.97. The zero-order valence-electron chi connectivity index (χ0n) is 13.0. The molecule has 2 aliphatic rings. The molecule has 0 spiro atoms. The molecule has 0 aromatic carbocycles. The summed E-state index contributed by atoms with van der Waals surface area (Å²) in [4.78, 5) is 5.42. The second-order valence-corrected chi connectivity index (χ2v) is 6.34. The molecule has 0 saturated carbocycles. The second kappa shape index (κ2) is 8.23. The molecule has 0 atom stereocenters. The molecule has 2 fully saturated rings. The highest BCUT2D eigenvalue weighted by molar-refractivity contribution is 4.85. The van der Waals surface area contributed by atoms with Gasteiger partial charge in [-0.15, -0.1) is 0 Å². The van der Waals surface area contributed by atoms with Crippen molar-refractivity contribution in [1.82, 2.24) is 15.1 Å². The number of rotatable bonds is 6. The Labute approximate surface area is 119 Å². The molecule has 0 amide bonds. The molecule has 3 heteroatoms. The van der Waals surface area contributed by atoms with E-state index in [0.717, 1.165) is 12.1 Å². The normalized spacial score (nSPS) is 24.9. The van der Waals surface area contributed by atoms with Gasteiger partial charge in [-0.3, -0.25) is 0 Å². The molecule has 112 valence electrons. The Hall–Kier alpha value is -0.120. The van der Waals surface area contributed by atoms with Crippen LogP contribution < -0.4 is 5.32 Å². The first-order chi connectivity index (χ1) is 9.33. The highest BCUT2D eigenvalue weighted by Crippen LogP contribution is 2.21. The zero-order valence-corrected chi connectivity index (χ0v) is 13.0. The van der Waals surface area contributed by atoms with E-state index in [0.29, 0.717) is 0 Å². The monoisotopic (exact) mass is 267 g/mol. The van der Waals surface area contributed by atoms with Gasteiger partial charge in [-0.2, -0.15) is 0 Å².